The molecule has 7 aromatic carbocycles. The number of furan rings is 2. The molecule has 0 N–H and O–H groups in total. The van der Waals surface area contributed by atoms with E-state index in [1.807, 2.05) is 97.9 Å². The summed E-state index contributed by atoms with van der Waals surface area (Å²) in [6, 6.07) is 52.3. The molecule has 4 aromatic heterocycles. The minimum absolute atomic E-state index is 0.578. The maximum Gasteiger partial charge on any atom is 0.164 e. The number of fused-ring (bicyclic) bond motifs is 7. The van der Waals surface area contributed by atoms with Crippen LogP contribution in [-0.2, 0) is 0 Å². The van der Waals surface area contributed by atoms with E-state index in [4.69, 9.17) is 23.8 Å². The van der Waals surface area contributed by atoms with Gasteiger partial charge in [-0.2, -0.15) is 0 Å². The van der Waals surface area contributed by atoms with E-state index < -0.39 is 0 Å². The summed E-state index contributed by atoms with van der Waals surface area (Å²) in [6.07, 6.45) is 11.6. The van der Waals surface area contributed by atoms with Crippen LogP contribution in [0.2, 0.25) is 0 Å². The summed E-state index contributed by atoms with van der Waals surface area (Å²) in [4.78, 5) is 15.1. The van der Waals surface area contributed by atoms with Crippen LogP contribution in [0.5, 0.6) is 0 Å². The topological polar surface area (TPSA) is 69.9 Å². The van der Waals surface area contributed by atoms with Crippen LogP contribution in [0.15, 0.2) is 205 Å². The van der Waals surface area contributed by atoms with Gasteiger partial charge in [-0.05, 0) is 102 Å². The zero-order valence-corrected chi connectivity index (χ0v) is 35.1. The number of allylic oxidation sites excluding steroid dienone is 5. The highest BCUT2D eigenvalue weighted by molar-refractivity contribution is 6.15. The first kappa shape index (κ1) is 38.3. The van der Waals surface area contributed by atoms with Crippen molar-refractivity contribution >= 4 is 72.6 Å². The summed E-state index contributed by atoms with van der Waals surface area (Å²) < 4.78 is 14.9. The van der Waals surface area contributed by atoms with Gasteiger partial charge in [-0.3, -0.25) is 0 Å². The van der Waals surface area contributed by atoms with Crippen molar-refractivity contribution < 1.29 is 8.83 Å². The number of hydrogen-bond acceptors (Lipinski definition) is 5. The molecule has 6 nitrogen and oxygen atoms in total. The number of aromatic nitrogens is 4. The Labute approximate surface area is 369 Å². The Hall–Kier alpha value is -8.61. The van der Waals surface area contributed by atoms with Gasteiger partial charge in [-0.1, -0.05) is 135 Å². The first-order valence-electron chi connectivity index (χ1n) is 21.2. The van der Waals surface area contributed by atoms with E-state index in [1.54, 1.807) is 6.08 Å². The predicted octanol–water partition coefficient (Wildman–Crippen LogP) is 15.8. The van der Waals surface area contributed by atoms with Crippen LogP contribution in [-0.4, -0.2) is 19.5 Å². The largest absolute Gasteiger partial charge is 0.456 e. The van der Waals surface area contributed by atoms with Crippen molar-refractivity contribution in [3.63, 3.8) is 0 Å². The molecule has 304 valence electrons. The van der Waals surface area contributed by atoms with Crippen molar-refractivity contribution in [1.29, 1.82) is 0 Å². The van der Waals surface area contributed by atoms with Crippen molar-refractivity contribution in [3.05, 3.63) is 207 Å². The highest BCUT2D eigenvalue weighted by Crippen LogP contribution is 2.42. The van der Waals surface area contributed by atoms with Crippen LogP contribution in [0, 0.1) is 0 Å². The monoisotopic (exact) mass is 824 g/mol. The zero-order valence-electron chi connectivity index (χ0n) is 35.1. The van der Waals surface area contributed by atoms with Gasteiger partial charge in [0.2, 0.25) is 0 Å². The van der Waals surface area contributed by atoms with E-state index in [0.717, 1.165) is 111 Å². The van der Waals surface area contributed by atoms with Crippen molar-refractivity contribution in [1.82, 2.24) is 19.5 Å². The summed E-state index contributed by atoms with van der Waals surface area (Å²) in [5.74, 6) is 2.51. The third kappa shape index (κ3) is 6.39. The number of hydrogen-bond donors (Lipinski definition) is 0. The van der Waals surface area contributed by atoms with Gasteiger partial charge < -0.3 is 13.4 Å². The second kappa shape index (κ2) is 15.7. The molecule has 64 heavy (non-hydrogen) atoms. The average molecular weight is 825 g/mol. The molecule has 0 aliphatic heterocycles. The van der Waals surface area contributed by atoms with Gasteiger partial charge in [0, 0.05) is 54.9 Å². The Morgan fingerprint density at radius 1 is 0.500 bits per heavy atom. The molecule has 0 aliphatic rings. The van der Waals surface area contributed by atoms with Gasteiger partial charge in [-0.25, -0.2) is 15.0 Å². The minimum atomic E-state index is 0.578. The molecule has 0 saturated heterocycles. The summed E-state index contributed by atoms with van der Waals surface area (Å²) in [5, 5.41) is 5.20. The lowest BCUT2D eigenvalue weighted by molar-refractivity contribution is 0.603. The van der Waals surface area contributed by atoms with Crippen LogP contribution in [0.3, 0.4) is 0 Å². The van der Waals surface area contributed by atoms with E-state index in [-0.39, 0.29) is 0 Å². The first-order chi connectivity index (χ1) is 31.5. The highest BCUT2D eigenvalue weighted by atomic mass is 16.3. The lowest BCUT2D eigenvalue weighted by atomic mass is 9.98. The Morgan fingerprint density at radius 3 is 1.61 bits per heavy atom. The van der Waals surface area contributed by atoms with Crippen LogP contribution in [0.1, 0.15) is 18.2 Å². The molecule has 6 heteroatoms. The highest BCUT2D eigenvalue weighted by Gasteiger charge is 2.20. The van der Waals surface area contributed by atoms with Crippen LogP contribution in [0.4, 0.5) is 0 Å². The molecule has 0 atom stereocenters. The molecular formula is C58H40N4O2. The summed E-state index contributed by atoms with van der Waals surface area (Å²) in [6.45, 7) is 14.1. The Morgan fingerprint density at radius 2 is 1.05 bits per heavy atom. The summed E-state index contributed by atoms with van der Waals surface area (Å²) in [5.41, 5.74) is 13.5. The minimum Gasteiger partial charge on any atom is -0.456 e. The van der Waals surface area contributed by atoms with Crippen molar-refractivity contribution in [2.75, 3.05) is 0 Å². The predicted molar refractivity (Wildman–Crippen MR) is 267 cm³/mol. The molecular weight excluding hydrogens is 785 g/mol. The maximum atomic E-state index is 6.53. The lowest BCUT2D eigenvalue weighted by Crippen LogP contribution is -2.00. The van der Waals surface area contributed by atoms with Gasteiger partial charge in [0.15, 0.2) is 17.5 Å². The molecule has 0 saturated carbocycles. The molecule has 0 bridgehead atoms. The standard InChI is InChI=1S/C58H40N4O2/c1-5-16-42(17-6-2)62-49-28-24-38(40-26-30-52-47(34-40)43(7-3)51(8-4)63-52)32-45(49)46-33-39(25-29-50(46)62)41-27-31-53-48(35-41)55-44(22-15-23-54(55)64-53)58-60-56(36-18-11-9-12-19-36)59-57(61-58)37-20-13-10-14-21-37/h5-35H,1,3-4H2,2H3/b17-6-,42-16+. The number of rotatable bonds is 10. The fourth-order valence-electron chi connectivity index (χ4n) is 8.96. The molecule has 0 amide bonds. The molecule has 0 fully saturated rings. The zero-order chi connectivity index (χ0) is 43.3. The smallest absolute Gasteiger partial charge is 0.164 e. The first-order valence-corrected chi connectivity index (χ1v) is 21.2. The second-order valence-corrected chi connectivity index (χ2v) is 15.7. The third-order valence-corrected chi connectivity index (χ3v) is 11.9. The van der Waals surface area contributed by atoms with Crippen molar-refractivity contribution in [2.45, 2.75) is 6.92 Å². The fourth-order valence-corrected chi connectivity index (χ4v) is 8.96. The van der Waals surface area contributed by atoms with Crippen molar-refractivity contribution in [3.8, 4) is 56.4 Å². The van der Waals surface area contributed by atoms with Crippen LogP contribution in [0.25, 0.3) is 129 Å². The average Bonchev–Trinajstić information content (AvgIpc) is 4.02. The Kier molecular flexibility index (Phi) is 9.40. The normalized spacial score (nSPS) is 12.0. The molecule has 0 spiro atoms. The maximum absolute atomic E-state index is 6.53. The number of benzene rings is 7. The summed E-state index contributed by atoms with van der Waals surface area (Å²) in [7, 11) is 0. The van der Waals surface area contributed by atoms with E-state index >= 15 is 0 Å². The molecule has 11 rings (SSSR count). The van der Waals surface area contributed by atoms with Crippen LogP contribution < -0.4 is 0 Å². The van der Waals surface area contributed by atoms with Crippen molar-refractivity contribution in [2.24, 2.45) is 0 Å². The molecule has 0 aliphatic carbocycles. The fraction of sp³-hybridized carbons (Fsp3) is 0.0172. The Bertz CT molecular complexity index is 3670. The van der Waals surface area contributed by atoms with E-state index in [2.05, 4.69) is 115 Å². The van der Waals surface area contributed by atoms with Gasteiger partial charge >= 0.3 is 0 Å². The third-order valence-electron chi connectivity index (χ3n) is 11.9. The van der Waals surface area contributed by atoms with Gasteiger partial charge in [0.25, 0.3) is 0 Å². The van der Waals surface area contributed by atoms with Gasteiger partial charge in [0.1, 0.15) is 22.5 Å². The van der Waals surface area contributed by atoms with E-state index in [9.17, 15) is 0 Å². The quantitative estimate of drug-likeness (QED) is 0.128. The molecule has 4 heterocycles. The molecule has 0 radical (unpaired) electrons. The van der Waals surface area contributed by atoms with Gasteiger partial charge in [0.05, 0.1) is 11.0 Å². The summed E-state index contributed by atoms with van der Waals surface area (Å²) >= 11 is 0. The second-order valence-electron chi connectivity index (χ2n) is 15.7. The van der Waals surface area contributed by atoms with Gasteiger partial charge in [-0.15, -0.1) is 0 Å². The molecule has 0 unspecified atom stereocenters. The van der Waals surface area contributed by atoms with E-state index in [1.165, 1.54) is 0 Å². The lowest BCUT2D eigenvalue weighted by Gasteiger charge is -2.10. The number of nitrogens with zero attached hydrogens (tertiary/aromatic N) is 4. The Balaban J connectivity index is 1.09. The SMILES string of the molecule is C=C/C=C(\C=C/C)n1c2ccc(-c3ccc4oc(C=C)c(C=C)c4c3)cc2c2cc(-c3ccc4oc5cccc(-c6nc(-c7ccccc7)nc(-c7ccccc7)n6)c5c4c3)ccc21. The van der Waals surface area contributed by atoms with E-state index in [0.29, 0.717) is 17.5 Å². The van der Waals surface area contributed by atoms with Crippen LogP contribution >= 0.6 is 0 Å². The molecule has 11 aromatic rings.